The van der Waals surface area contributed by atoms with Crippen LogP contribution in [0.3, 0.4) is 0 Å². The van der Waals surface area contributed by atoms with E-state index in [4.69, 9.17) is 4.74 Å². The lowest BCUT2D eigenvalue weighted by Crippen LogP contribution is -2.38. The van der Waals surface area contributed by atoms with Crippen LogP contribution in [0, 0.1) is 0 Å². The van der Waals surface area contributed by atoms with E-state index >= 15 is 0 Å². The number of morpholine rings is 1. The lowest BCUT2D eigenvalue weighted by atomic mass is 9.94. The fourth-order valence-electron chi connectivity index (χ4n) is 2.95. The van der Waals surface area contributed by atoms with Crippen LogP contribution in [0.1, 0.15) is 45.4 Å². The molecule has 1 N–H and O–H groups in total. The molecule has 1 amide bonds. The number of hydrogen-bond donors (Lipinski definition) is 1. The Hall–Kier alpha value is -0.870. The van der Waals surface area contributed by atoms with Crippen LogP contribution in [0.5, 0.6) is 0 Å². The predicted octanol–water partition coefficient (Wildman–Crippen LogP) is 2.10. The Morgan fingerprint density at radius 1 is 1.40 bits per heavy atom. The van der Waals surface area contributed by atoms with Crippen LogP contribution in [0.15, 0.2) is 11.6 Å². The highest BCUT2D eigenvalue weighted by atomic mass is 16.5. The summed E-state index contributed by atoms with van der Waals surface area (Å²) in [6.45, 7) is 6.79. The molecular weight excluding hydrogens is 252 g/mol. The van der Waals surface area contributed by atoms with Crippen molar-refractivity contribution in [1.29, 1.82) is 0 Å². The van der Waals surface area contributed by atoms with Crippen molar-refractivity contribution in [1.82, 2.24) is 10.2 Å². The molecule has 1 atom stereocenters. The number of rotatable bonds is 6. The molecular formula is C16H28N2O2. The number of hydrogen-bond acceptors (Lipinski definition) is 3. The highest BCUT2D eigenvalue weighted by molar-refractivity contribution is 5.76. The summed E-state index contributed by atoms with van der Waals surface area (Å²) in [6.07, 6.45) is 8.77. The minimum Gasteiger partial charge on any atom is -0.379 e. The second-order valence-corrected chi connectivity index (χ2v) is 5.87. The van der Waals surface area contributed by atoms with Gasteiger partial charge in [-0.05, 0) is 45.6 Å². The number of carbonyl (C=O) groups excluding carboxylic acids is 1. The van der Waals surface area contributed by atoms with Gasteiger partial charge in [0.15, 0.2) is 0 Å². The zero-order valence-corrected chi connectivity index (χ0v) is 12.7. The molecule has 20 heavy (non-hydrogen) atoms. The van der Waals surface area contributed by atoms with E-state index in [9.17, 15) is 4.79 Å². The molecule has 0 bridgehead atoms. The van der Waals surface area contributed by atoms with Gasteiger partial charge in [0.05, 0.1) is 13.2 Å². The second kappa shape index (κ2) is 8.42. The summed E-state index contributed by atoms with van der Waals surface area (Å²) < 4.78 is 5.32. The molecule has 4 heteroatoms. The van der Waals surface area contributed by atoms with Crippen LogP contribution in [0.4, 0.5) is 0 Å². The summed E-state index contributed by atoms with van der Waals surface area (Å²) in [4.78, 5) is 14.3. The van der Waals surface area contributed by atoms with Crippen molar-refractivity contribution >= 4 is 5.91 Å². The molecule has 4 nitrogen and oxygen atoms in total. The quantitative estimate of drug-likeness (QED) is 0.758. The maximum atomic E-state index is 12.0. The Morgan fingerprint density at radius 2 is 2.20 bits per heavy atom. The number of amides is 1. The first-order valence-electron chi connectivity index (χ1n) is 8.04. The molecule has 0 radical (unpaired) electrons. The van der Waals surface area contributed by atoms with Gasteiger partial charge in [0.2, 0.25) is 5.91 Å². The summed E-state index contributed by atoms with van der Waals surface area (Å²) in [5.74, 6) is 0.192. The number of allylic oxidation sites excluding steroid dienone is 1. The molecule has 1 fully saturated rings. The van der Waals surface area contributed by atoms with Crippen molar-refractivity contribution in [3.05, 3.63) is 11.6 Å². The Labute approximate surface area is 122 Å². The zero-order valence-electron chi connectivity index (χ0n) is 12.7. The molecule has 1 heterocycles. The smallest absolute Gasteiger partial charge is 0.220 e. The second-order valence-electron chi connectivity index (χ2n) is 5.87. The van der Waals surface area contributed by atoms with Crippen molar-refractivity contribution in [3.63, 3.8) is 0 Å². The van der Waals surface area contributed by atoms with E-state index in [2.05, 4.69) is 23.2 Å². The minimum atomic E-state index is 0.192. The van der Waals surface area contributed by atoms with Crippen LogP contribution in [-0.4, -0.2) is 49.7 Å². The fraction of sp³-hybridized carbons (Fsp3) is 0.812. The van der Waals surface area contributed by atoms with Gasteiger partial charge >= 0.3 is 0 Å². The molecule has 114 valence electrons. The fourth-order valence-corrected chi connectivity index (χ4v) is 2.95. The lowest BCUT2D eigenvalue weighted by Gasteiger charge is -2.26. The summed E-state index contributed by atoms with van der Waals surface area (Å²) in [5.41, 5.74) is 1.41. The Morgan fingerprint density at radius 3 is 2.90 bits per heavy atom. The van der Waals surface area contributed by atoms with Crippen molar-refractivity contribution in [2.75, 3.05) is 32.8 Å². The Balaban J connectivity index is 1.60. The first-order valence-corrected chi connectivity index (χ1v) is 8.04. The summed E-state index contributed by atoms with van der Waals surface area (Å²) in [7, 11) is 0. The van der Waals surface area contributed by atoms with Gasteiger partial charge in [-0.2, -0.15) is 0 Å². The number of nitrogens with zero attached hydrogens (tertiary/aromatic N) is 1. The molecule has 0 spiro atoms. The minimum absolute atomic E-state index is 0.192. The van der Waals surface area contributed by atoms with Gasteiger partial charge in [0, 0.05) is 25.6 Å². The number of nitrogens with one attached hydrogen (secondary N) is 1. The third-order valence-corrected chi connectivity index (χ3v) is 4.24. The predicted molar refractivity (Wildman–Crippen MR) is 80.6 cm³/mol. The summed E-state index contributed by atoms with van der Waals surface area (Å²) in [6, 6.07) is 0.214. The van der Waals surface area contributed by atoms with Gasteiger partial charge < -0.3 is 10.1 Å². The summed E-state index contributed by atoms with van der Waals surface area (Å²) >= 11 is 0. The summed E-state index contributed by atoms with van der Waals surface area (Å²) in [5, 5.41) is 3.14. The molecule has 1 saturated heterocycles. The van der Waals surface area contributed by atoms with E-state index in [0.29, 0.717) is 6.42 Å². The maximum Gasteiger partial charge on any atom is 0.220 e. The zero-order chi connectivity index (χ0) is 14.2. The highest BCUT2D eigenvalue weighted by Gasteiger charge is 2.15. The molecule has 0 aromatic carbocycles. The van der Waals surface area contributed by atoms with E-state index in [1.807, 2.05) is 0 Å². The van der Waals surface area contributed by atoms with Gasteiger partial charge in [-0.25, -0.2) is 0 Å². The van der Waals surface area contributed by atoms with Crippen molar-refractivity contribution in [2.45, 2.75) is 51.5 Å². The van der Waals surface area contributed by atoms with E-state index in [1.54, 1.807) is 0 Å². The van der Waals surface area contributed by atoms with E-state index in [-0.39, 0.29) is 11.9 Å². The first kappa shape index (κ1) is 15.5. The molecule has 1 unspecified atom stereocenters. The third kappa shape index (κ3) is 5.25. The van der Waals surface area contributed by atoms with Crippen LogP contribution in [0.2, 0.25) is 0 Å². The normalized spacial score (nSPS) is 22.1. The molecule has 2 aliphatic rings. The van der Waals surface area contributed by atoms with Gasteiger partial charge in [0.25, 0.3) is 0 Å². The van der Waals surface area contributed by atoms with Crippen LogP contribution in [-0.2, 0) is 9.53 Å². The van der Waals surface area contributed by atoms with Gasteiger partial charge in [-0.1, -0.05) is 11.6 Å². The first-order chi connectivity index (χ1) is 9.75. The topological polar surface area (TPSA) is 41.6 Å². The number of ether oxygens (including phenoxy) is 1. The molecule has 0 aromatic rings. The molecule has 0 saturated carbocycles. The van der Waals surface area contributed by atoms with Gasteiger partial charge in [0.1, 0.15) is 0 Å². The number of carbonyl (C=O) groups is 1. The Bertz CT molecular complexity index is 335. The van der Waals surface area contributed by atoms with E-state index < -0.39 is 0 Å². The lowest BCUT2D eigenvalue weighted by molar-refractivity contribution is -0.121. The average Bonchev–Trinajstić information content (AvgIpc) is 2.49. The third-order valence-electron chi connectivity index (χ3n) is 4.24. The SMILES string of the molecule is CC(NC(=O)CCCN1CCOCC1)C1=CCCCC1. The van der Waals surface area contributed by atoms with E-state index in [1.165, 1.54) is 24.8 Å². The molecule has 1 aliphatic carbocycles. The van der Waals surface area contributed by atoms with Crippen LogP contribution in [0.25, 0.3) is 0 Å². The van der Waals surface area contributed by atoms with Crippen molar-refractivity contribution < 1.29 is 9.53 Å². The van der Waals surface area contributed by atoms with Gasteiger partial charge in [-0.3, -0.25) is 9.69 Å². The maximum absolute atomic E-state index is 12.0. The van der Waals surface area contributed by atoms with Crippen molar-refractivity contribution in [3.8, 4) is 0 Å². The molecule has 0 aromatic heterocycles. The average molecular weight is 280 g/mol. The van der Waals surface area contributed by atoms with Crippen molar-refractivity contribution in [2.24, 2.45) is 0 Å². The van der Waals surface area contributed by atoms with Gasteiger partial charge in [-0.15, -0.1) is 0 Å². The monoisotopic (exact) mass is 280 g/mol. The van der Waals surface area contributed by atoms with E-state index in [0.717, 1.165) is 45.7 Å². The standard InChI is InChI=1S/C16H28N2O2/c1-14(15-6-3-2-4-7-15)17-16(19)8-5-9-18-10-12-20-13-11-18/h6,14H,2-5,7-13H2,1H3,(H,17,19). The Kier molecular flexibility index (Phi) is 6.54. The highest BCUT2D eigenvalue weighted by Crippen LogP contribution is 2.20. The largest absolute Gasteiger partial charge is 0.379 e. The van der Waals surface area contributed by atoms with Crippen LogP contribution < -0.4 is 5.32 Å². The molecule has 2 rings (SSSR count). The molecule has 1 aliphatic heterocycles. The van der Waals surface area contributed by atoms with Crippen LogP contribution >= 0.6 is 0 Å².